The van der Waals surface area contributed by atoms with Crippen molar-refractivity contribution in [3.8, 4) is 11.5 Å². The topological polar surface area (TPSA) is 54.5 Å². The molecule has 1 heterocycles. The van der Waals surface area contributed by atoms with Crippen molar-refractivity contribution < 1.29 is 19.0 Å². The molecule has 114 valence electrons. The summed E-state index contributed by atoms with van der Waals surface area (Å²) in [5.41, 5.74) is 0.975. The van der Waals surface area contributed by atoms with Gasteiger partial charge in [0.25, 0.3) is 0 Å². The Morgan fingerprint density at radius 1 is 1.05 bits per heavy atom. The van der Waals surface area contributed by atoms with Crippen LogP contribution in [0, 0.1) is 5.82 Å². The van der Waals surface area contributed by atoms with Gasteiger partial charge in [-0.3, -0.25) is 0 Å². The van der Waals surface area contributed by atoms with Crippen LogP contribution in [0.3, 0.4) is 0 Å². The molecule has 0 spiro atoms. The number of hydrogen-bond acceptors (Lipinski definition) is 3. The minimum Gasteiger partial charge on any atom is -0.491 e. The van der Waals surface area contributed by atoms with E-state index in [4.69, 9.17) is 9.47 Å². The Hall–Kier alpha value is -2.53. The summed E-state index contributed by atoms with van der Waals surface area (Å²) in [6.45, 7) is 0.131. The number of nitrogens with one attached hydrogen (secondary N) is 1. The molecule has 2 aromatic carbocycles. The zero-order valence-electron chi connectivity index (χ0n) is 11.8. The molecule has 0 aliphatic carbocycles. The quantitative estimate of drug-likeness (QED) is 0.735. The van der Waals surface area contributed by atoms with Crippen LogP contribution < -0.4 is 9.47 Å². The van der Waals surface area contributed by atoms with Gasteiger partial charge in [-0.05, 0) is 30.3 Å². The van der Waals surface area contributed by atoms with E-state index in [1.54, 1.807) is 12.1 Å². The Morgan fingerprint density at radius 3 is 2.73 bits per heavy atom. The van der Waals surface area contributed by atoms with Gasteiger partial charge in [0.05, 0.1) is 0 Å². The predicted octanol–water partition coefficient (Wildman–Crippen LogP) is 3.13. The zero-order chi connectivity index (χ0) is 15.4. The molecule has 1 atom stereocenters. The molecule has 0 saturated heterocycles. The van der Waals surface area contributed by atoms with Crippen molar-refractivity contribution >= 4 is 10.9 Å². The van der Waals surface area contributed by atoms with Crippen LogP contribution in [0.1, 0.15) is 0 Å². The monoisotopic (exact) mass is 301 g/mol. The lowest BCUT2D eigenvalue weighted by molar-refractivity contribution is 0.0631. The SMILES string of the molecule is OC(COc1cccc(F)c1)COc1cccc2[nH]ccc12. The fraction of sp³-hybridized carbons (Fsp3) is 0.176. The van der Waals surface area contributed by atoms with Crippen LogP contribution in [-0.4, -0.2) is 29.4 Å². The molecule has 3 rings (SSSR count). The minimum absolute atomic E-state index is 0.0343. The largest absolute Gasteiger partial charge is 0.491 e. The Bertz CT molecular complexity index is 756. The van der Waals surface area contributed by atoms with E-state index in [1.165, 1.54) is 12.1 Å². The fourth-order valence-corrected chi connectivity index (χ4v) is 2.17. The van der Waals surface area contributed by atoms with Crippen molar-refractivity contribution in [2.45, 2.75) is 6.10 Å². The molecule has 1 aromatic heterocycles. The number of aliphatic hydroxyl groups excluding tert-OH is 1. The minimum atomic E-state index is -0.808. The molecule has 0 bridgehead atoms. The fourth-order valence-electron chi connectivity index (χ4n) is 2.17. The number of hydrogen-bond donors (Lipinski definition) is 2. The normalized spacial score (nSPS) is 12.3. The molecule has 1 unspecified atom stereocenters. The molecule has 0 fully saturated rings. The molecule has 22 heavy (non-hydrogen) atoms. The van der Waals surface area contributed by atoms with E-state index in [0.29, 0.717) is 11.5 Å². The van der Waals surface area contributed by atoms with Gasteiger partial charge in [-0.25, -0.2) is 4.39 Å². The number of rotatable bonds is 6. The highest BCUT2D eigenvalue weighted by molar-refractivity contribution is 5.85. The maximum Gasteiger partial charge on any atom is 0.128 e. The van der Waals surface area contributed by atoms with Crippen LogP contribution in [0.4, 0.5) is 4.39 Å². The average molecular weight is 301 g/mol. The van der Waals surface area contributed by atoms with Crippen LogP contribution >= 0.6 is 0 Å². The standard InChI is InChI=1S/C17H16FNO3/c18-12-3-1-4-14(9-12)21-10-13(20)11-22-17-6-2-5-16-15(17)7-8-19-16/h1-9,13,19-20H,10-11H2. The van der Waals surface area contributed by atoms with Crippen LogP contribution in [0.25, 0.3) is 10.9 Å². The molecular weight excluding hydrogens is 285 g/mol. The van der Waals surface area contributed by atoms with Crippen LogP contribution in [0.2, 0.25) is 0 Å². The Balaban J connectivity index is 1.54. The summed E-state index contributed by atoms with van der Waals surface area (Å²) >= 11 is 0. The van der Waals surface area contributed by atoms with Gasteiger partial charge in [0.15, 0.2) is 0 Å². The molecular formula is C17H16FNO3. The summed E-state index contributed by atoms with van der Waals surface area (Å²) in [6.07, 6.45) is 1.03. The van der Waals surface area contributed by atoms with Gasteiger partial charge < -0.3 is 19.6 Å². The van der Waals surface area contributed by atoms with E-state index in [1.807, 2.05) is 30.5 Å². The summed E-state index contributed by atoms with van der Waals surface area (Å²) in [5.74, 6) is 0.706. The van der Waals surface area contributed by atoms with Gasteiger partial charge in [-0.1, -0.05) is 12.1 Å². The highest BCUT2D eigenvalue weighted by Gasteiger charge is 2.09. The highest BCUT2D eigenvalue weighted by atomic mass is 19.1. The molecule has 5 heteroatoms. The highest BCUT2D eigenvalue weighted by Crippen LogP contribution is 2.24. The van der Waals surface area contributed by atoms with Crippen molar-refractivity contribution in [1.29, 1.82) is 0 Å². The number of aliphatic hydroxyl groups is 1. The lowest BCUT2D eigenvalue weighted by Crippen LogP contribution is -2.25. The summed E-state index contributed by atoms with van der Waals surface area (Å²) in [6, 6.07) is 13.4. The van der Waals surface area contributed by atoms with Crippen LogP contribution in [0.15, 0.2) is 54.7 Å². The van der Waals surface area contributed by atoms with E-state index in [9.17, 15) is 9.50 Å². The van der Waals surface area contributed by atoms with Crippen molar-refractivity contribution in [1.82, 2.24) is 4.98 Å². The zero-order valence-corrected chi connectivity index (χ0v) is 11.8. The third-order valence-electron chi connectivity index (χ3n) is 3.22. The molecule has 3 aromatic rings. The maximum absolute atomic E-state index is 13.0. The van der Waals surface area contributed by atoms with E-state index in [2.05, 4.69) is 4.98 Å². The van der Waals surface area contributed by atoms with Crippen molar-refractivity contribution in [3.05, 3.63) is 60.5 Å². The number of aromatic amines is 1. The molecule has 0 amide bonds. The first-order valence-electron chi connectivity index (χ1n) is 6.98. The van der Waals surface area contributed by atoms with Crippen molar-refractivity contribution in [3.63, 3.8) is 0 Å². The van der Waals surface area contributed by atoms with Gasteiger partial charge in [0.2, 0.25) is 0 Å². The van der Waals surface area contributed by atoms with Crippen LogP contribution in [0.5, 0.6) is 11.5 Å². The third kappa shape index (κ3) is 3.38. The second-order valence-electron chi connectivity index (χ2n) is 4.93. The lowest BCUT2D eigenvalue weighted by atomic mass is 10.2. The van der Waals surface area contributed by atoms with Gasteiger partial charge in [0.1, 0.15) is 36.6 Å². The average Bonchev–Trinajstić information content (AvgIpc) is 3.00. The second-order valence-corrected chi connectivity index (χ2v) is 4.93. The lowest BCUT2D eigenvalue weighted by Gasteiger charge is -2.14. The molecule has 2 N–H and O–H groups in total. The van der Waals surface area contributed by atoms with E-state index in [-0.39, 0.29) is 19.0 Å². The summed E-state index contributed by atoms with van der Waals surface area (Å²) in [7, 11) is 0. The van der Waals surface area contributed by atoms with Gasteiger partial charge >= 0.3 is 0 Å². The predicted molar refractivity (Wildman–Crippen MR) is 81.7 cm³/mol. The van der Waals surface area contributed by atoms with Crippen LogP contribution in [-0.2, 0) is 0 Å². The summed E-state index contributed by atoms with van der Waals surface area (Å²) in [4.78, 5) is 3.10. The van der Waals surface area contributed by atoms with Crippen molar-refractivity contribution in [2.24, 2.45) is 0 Å². The summed E-state index contributed by atoms with van der Waals surface area (Å²) < 4.78 is 24.0. The maximum atomic E-state index is 13.0. The van der Waals surface area contributed by atoms with E-state index in [0.717, 1.165) is 10.9 Å². The molecule has 0 aliphatic rings. The first-order valence-corrected chi connectivity index (χ1v) is 6.98. The number of halogens is 1. The third-order valence-corrected chi connectivity index (χ3v) is 3.22. The van der Waals surface area contributed by atoms with Gasteiger partial charge in [0, 0.05) is 23.2 Å². The molecule has 4 nitrogen and oxygen atoms in total. The summed E-state index contributed by atoms with van der Waals surface area (Å²) in [5, 5.41) is 10.9. The smallest absolute Gasteiger partial charge is 0.128 e. The Labute approximate surface area is 127 Å². The van der Waals surface area contributed by atoms with Gasteiger partial charge in [-0.2, -0.15) is 0 Å². The Kier molecular flexibility index (Phi) is 4.25. The van der Waals surface area contributed by atoms with E-state index >= 15 is 0 Å². The number of fused-ring (bicyclic) bond motifs is 1. The first-order chi connectivity index (χ1) is 10.7. The number of aromatic nitrogens is 1. The van der Waals surface area contributed by atoms with Crippen molar-refractivity contribution in [2.75, 3.05) is 13.2 Å². The second kappa shape index (κ2) is 6.49. The van der Waals surface area contributed by atoms with Gasteiger partial charge in [-0.15, -0.1) is 0 Å². The number of H-pyrrole nitrogens is 1. The molecule has 0 saturated carbocycles. The number of ether oxygens (including phenoxy) is 2. The molecule has 0 radical (unpaired) electrons. The first kappa shape index (κ1) is 14.4. The number of benzene rings is 2. The van der Waals surface area contributed by atoms with E-state index < -0.39 is 6.10 Å². The Morgan fingerprint density at radius 2 is 1.86 bits per heavy atom. The molecule has 0 aliphatic heterocycles.